The number of benzene rings is 1. The van der Waals surface area contributed by atoms with Gasteiger partial charge in [0.1, 0.15) is 11.3 Å². The summed E-state index contributed by atoms with van der Waals surface area (Å²) in [6.07, 6.45) is -0.378. The molecular formula is C10H11NO5. The van der Waals surface area contributed by atoms with Crippen LogP contribution in [0.15, 0.2) is 18.2 Å². The van der Waals surface area contributed by atoms with Crippen molar-refractivity contribution in [1.29, 1.82) is 0 Å². The molecule has 16 heavy (non-hydrogen) atoms. The lowest BCUT2D eigenvalue weighted by Crippen LogP contribution is -2.16. The van der Waals surface area contributed by atoms with Crippen LogP contribution in [0.2, 0.25) is 0 Å². The monoisotopic (exact) mass is 225 g/mol. The average Bonchev–Trinajstić information content (AvgIpc) is 2.16. The van der Waals surface area contributed by atoms with Crippen LogP contribution in [0, 0.1) is 0 Å². The van der Waals surface area contributed by atoms with Crippen molar-refractivity contribution in [3.05, 3.63) is 29.3 Å². The van der Waals surface area contributed by atoms with Gasteiger partial charge < -0.3 is 21.1 Å². The Morgan fingerprint density at radius 2 is 1.94 bits per heavy atom. The molecule has 0 aliphatic heterocycles. The minimum absolute atomic E-state index is 0.113. The second-order valence-corrected chi connectivity index (χ2v) is 3.25. The quantitative estimate of drug-likeness (QED) is 0.594. The summed E-state index contributed by atoms with van der Waals surface area (Å²) in [6, 6.07) is 3.08. The van der Waals surface area contributed by atoms with Gasteiger partial charge in [-0.2, -0.15) is 0 Å². The molecule has 1 rings (SSSR count). The molecule has 0 spiro atoms. The number of carboxylic acid groups (broad SMARTS) is 2. The summed E-state index contributed by atoms with van der Waals surface area (Å²) >= 11 is 0. The van der Waals surface area contributed by atoms with E-state index in [2.05, 4.69) is 0 Å². The number of phenols is 1. The Hall–Kier alpha value is -2.08. The van der Waals surface area contributed by atoms with Crippen molar-refractivity contribution in [2.24, 2.45) is 5.73 Å². The minimum atomic E-state index is -1.29. The molecule has 1 unspecified atom stereocenters. The SMILES string of the molecule is NC(CC(=O)O)c1cccc(C(=O)O)c1O. The van der Waals surface area contributed by atoms with Gasteiger partial charge in [-0.1, -0.05) is 12.1 Å². The first kappa shape index (κ1) is 12.0. The number of hydrogen-bond acceptors (Lipinski definition) is 4. The van der Waals surface area contributed by atoms with Gasteiger partial charge in [-0.3, -0.25) is 4.79 Å². The molecule has 0 aliphatic carbocycles. The Morgan fingerprint density at radius 1 is 1.31 bits per heavy atom. The molecule has 0 saturated carbocycles. The van der Waals surface area contributed by atoms with Crippen LogP contribution in [-0.2, 0) is 4.79 Å². The van der Waals surface area contributed by atoms with Crippen molar-refractivity contribution in [3.63, 3.8) is 0 Å². The second-order valence-electron chi connectivity index (χ2n) is 3.25. The summed E-state index contributed by atoms with van der Waals surface area (Å²) in [6.45, 7) is 0. The zero-order chi connectivity index (χ0) is 12.3. The van der Waals surface area contributed by atoms with E-state index >= 15 is 0 Å². The van der Waals surface area contributed by atoms with Crippen LogP contribution >= 0.6 is 0 Å². The largest absolute Gasteiger partial charge is 0.507 e. The van der Waals surface area contributed by atoms with Crippen LogP contribution in [0.5, 0.6) is 5.75 Å². The van der Waals surface area contributed by atoms with Gasteiger partial charge in [0.05, 0.1) is 6.42 Å². The average molecular weight is 225 g/mol. The molecule has 5 N–H and O–H groups in total. The summed E-state index contributed by atoms with van der Waals surface area (Å²) in [7, 11) is 0. The number of carbonyl (C=O) groups is 2. The third kappa shape index (κ3) is 2.48. The van der Waals surface area contributed by atoms with Gasteiger partial charge in [0.15, 0.2) is 0 Å². The van der Waals surface area contributed by atoms with E-state index in [0.717, 1.165) is 0 Å². The summed E-state index contributed by atoms with van der Waals surface area (Å²) < 4.78 is 0. The molecule has 0 aromatic heterocycles. The molecule has 0 amide bonds. The maximum Gasteiger partial charge on any atom is 0.339 e. The maximum atomic E-state index is 10.7. The molecule has 1 aromatic carbocycles. The minimum Gasteiger partial charge on any atom is -0.507 e. The number of aliphatic carboxylic acids is 1. The Bertz CT molecular complexity index is 429. The highest BCUT2D eigenvalue weighted by atomic mass is 16.4. The highest BCUT2D eigenvalue weighted by Crippen LogP contribution is 2.28. The fraction of sp³-hybridized carbons (Fsp3) is 0.200. The normalized spacial score (nSPS) is 12.1. The zero-order valence-corrected chi connectivity index (χ0v) is 8.25. The van der Waals surface area contributed by atoms with Crippen LogP contribution in [0.4, 0.5) is 0 Å². The number of aromatic carboxylic acids is 1. The first-order chi connectivity index (χ1) is 7.43. The van der Waals surface area contributed by atoms with E-state index in [1.807, 2.05) is 0 Å². The molecule has 6 heteroatoms. The van der Waals surface area contributed by atoms with Crippen LogP contribution in [0.1, 0.15) is 28.4 Å². The zero-order valence-electron chi connectivity index (χ0n) is 8.25. The molecule has 0 aliphatic rings. The number of para-hydroxylation sites is 1. The molecule has 0 fully saturated rings. The van der Waals surface area contributed by atoms with E-state index in [9.17, 15) is 14.7 Å². The number of nitrogens with two attached hydrogens (primary N) is 1. The lowest BCUT2D eigenvalue weighted by atomic mass is 10.0. The summed E-state index contributed by atoms with van der Waals surface area (Å²) in [5, 5.41) is 26.9. The van der Waals surface area contributed by atoms with Gasteiger partial charge in [-0.05, 0) is 6.07 Å². The molecule has 0 saturated heterocycles. The topological polar surface area (TPSA) is 121 Å². The van der Waals surface area contributed by atoms with Gasteiger partial charge in [-0.25, -0.2) is 4.79 Å². The van der Waals surface area contributed by atoms with Crippen molar-refractivity contribution in [3.8, 4) is 5.75 Å². The van der Waals surface area contributed by atoms with Crippen molar-refractivity contribution >= 4 is 11.9 Å². The van der Waals surface area contributed by atoms with E-state index in [1.54, 1.807) is 0 Å². The Morgan fingerprint density at radius 3 is 2.44 bits per heavy atom. The van der Waals surface area contributed by atoms with Gasteiger partial charge in [0.2, 0.25) is 0 Å². The van der Waals surface area contributed by atoms with E-state index in [-0.39, 0.29) is 17.5 Å². The number of carboxylic acids is 2. The van der Waals surface area contributed by atoms with Crippen LogP contribution in [0.3, 0.4) is 0 Å². The number of aromatic hydroxyl groups is 1. The van der Waals surface area contributed by atoms with E-state index in [0.29, 0.717) is 0 Å². The predicted molar refractivity (Wildman–Crippen MR) is 54.2 cm³/mol. The van der Waals surface area contributed by atoms with Gasteiger partial charge in [-0.15, -0.1) is 0 Å². The lowest BCUT2D eigenvalue weighted by molar-refractivity contribution is -0.137. The van der Waals surface area contributed by atoms with Crippen molar-refractivity contribution < 1.29 is 24.9 Å². The van der Waals surface area contributed by atoms with Crippen molar-refractivity contribution in [1.82, 2.24) is 0 Å². The summed E-state index contributed by atoms with van der Waals surface area (Å²) in [5.74, 6) is -2.89. The molecule has 86 valence electrons. The van der Waals surface area contributed by atoms with Gasteiger partial charge in [0, 0.05) is 11.6 Å². The first-order valence-corrected chi connectivity index (χ1v) is 4.46. The molecular weight excluding hydrogens is 214 g/mol. The van der Waals surface area contributed by atoms with Gasteiger partial charge in [0.25, 0.3) is 0 Å². The lowest BCUT2D eigenvalue weighted by Gasteiger charge is -2.12. The Kier molecular flexibility index (Phi) is 3.47. The van der Waals surface area contributed by atoms with E-state index < -0.39 is 23.7 Å². The molecule has 1 atom stereocenters. The maximum absolute atomic E-state index is 10.7. The van der Waals surface area contributed by atoms with E-state index in [1.165, 1.54) is 18.2 Å². The van der Waals surface area contributed by atoms with Crippen molar-refractivity contribution in [2.75, 3.05) is 0 Å². The first-order valence-electron chi connectivity index (χ1n) is 4.46. The third-order valence-electron chi connectivity index (χ3n) is 2.09. The van der Waals surface area contributed by atoms with Crippen molar-refractivity contribution in [2.45, 2.75) is 12.5 Å². The second kappa shape index (κ2) is 4.63. The fourth-order valence-corrected chi connectivity index (χ4v) is 1.33. The standard InChI is InChI=1S/C10H11NO5/c11-7(4-8(12)13)5-2-1-3-6(9(5)14)10(15)16/h1-3,7,14H,4,11H2,(H,12,13)(H,15,16). The van der Waals surface area contributed by atoms with Crippen LogP contribution < -0.4 is 5.73 Å². The Labute approximate surface area is 90.9 Å². The summed E-state index contributed by atoms with van der Waals surface area (Å²) in [5.41, 5.74) is 5.35. The van der Waals surface area contributed by atoms with E-state index in [4.69, 9.17) is 15.9 Å². The van der Waals surface area contributed by atoms with Gasteiger partial charge >= 0.3 is 11.9 Å². The molecule has 6 nitrogen and oxygen atoms in total. The van der Waals surface area contributed by atoms with Crippen LogP contribution in [0.25, 0.3) is 0 Å². The molecule has 1 aromatic rings. The highest BCUT2D eigenvalue weighted by molar-refractivity contribution is 5.91. The smallest absolute Gasteiger partial charge is 0.339 e. The number of rotatable bonds is 4. The summed E-state index contributed by atoms with van der Waals surface area (Å²) in [4.78, 5) is 21.1. The Balaban J connectivity index is 3.10. The fourth-order valence-electron chi connectivity index (χ4n) is 1.33. The molecule has 0 radical (unpaired) electrons. The predicted octanol–water partition coefficient (Wildman–Crippen LogP) is 0.565. The molecule has 0 heterocycles. The number of hydrogen-bond donors (Lipinski definition) is 4. The van der Waals surface area contributed by atoms with Crippen LogP contribution in [-0.4, -0.2) is 27.3 Å². The highest BCUT2D eigenvalue weighted by Gasteiger charge is 2.19. The third-order valence-corrected chi connectivity index (χ3v) is 2.09. The molecule has 0 bridgehead atoms.